The Balaban J connectivity index is 1.94. The summed E-state index contributed by atoms with van der Waals surface area (Å²) in [4.78, 5) is 4.24. The molecule has 0 spiro atoms. The summed E-state index contributed by atoms with van der Waals surface area (Å²) in [5, 5.41) is 3.38. The van der Waals surface area contributed by atoms with Crippen molar-refractivity contribution in [2.24, 2.45) is 0 Å². The lowest BCUT2D eigenvalue weighted by Crippen LogP contribution is -2.21. The molecule has 0 unspecified atom stereocenters. The van der Waals surface area contributed by atoms with E-state index in [1.54, 1.807) is 6.20 Å². The van der Waals surface area contributed by atoms with Gasteiger partial charge >= 0.3 is 0 Å². The van der Waals surface area contributed by atoms with Crippen molar-refractivity contribution in [1.82, 2.24) is 10.3 Å². The molecule has 106 valence electrons. The summed E-state index contributed by atoms with van der Waals surface area (Å²) in [7, 11) is 0. The molecule has 0 saturated heterocycles. The zero-order chi connectivity index (χ0) is 14.4. The fourth-order valence-corrected chi connectivity index (χ4v) is 2.19. The zero-order valence-corrected chi connectivity index (χ0v) is 13.4. The number of hydrogen-bond acceptors (Lipinski definition) is 3. The van der Waals surface area contributed by atoms with Crippen LogP contribution >= 0.6 is 15.9 Å². The Hall–Kier alpha value is -1.39. The summed E-state index contributed by atoms with van der Waals surface area (Å²) in [5.74, 6) is 0.660. The quantitative estimate of drug-likeness (QED) is 0.869. The Labute approximate surface area is 128 Å². The first kappa shape index (κ1) is 15.0. The maximum Gasteiger partial charge on any atom is 0.213 e. The summed E-state index contributed by atoms with van der Waals surface area (Å²) in [6.07, 6.45) is 1.79. The third-order valence-electron chi connectivity index (χ3n) is 2.79. The fraction of sp³-hybridized carbons (Fsp3) is 0.312. The van der Waals surface area contributed by atoms with Crippen LogP contribution in [0.15, 0.2) is 47.1 Å². The maximum atomic E-state index is 5.73. The van der Waals surface area contributed by atoms with E-state index in [1.165, 1.54) is 5.56 Å². The molecule has 2 aromatic rings. The normalized spacial score (nSPS) is 10.8. The minimum Gasteiger partial charge on any atom is -0.473 e. The lowest BCUT2D eigenvalue weighted by Gasteiger charge is -2.10. The minimum absolute atomic E-state index is 0.467. The molecule has 1 aromatic heterocycles. The van der Waals surface area contributed by atoms with Crippen molar-refractivity contribution in [1.29, 1.82) is 0 Å². The molecule has 0 bridgehead atoms. The molecule has 0 aliphatic heterocycles. The van der Waals surface area contributed by atoms with Crippen molar-refractivity contribution in [2.45, 2.75) is 33.0 Å². The van der Waals surface area contributed by atoms with Crippen molar-refractivity contribution in [3.05, 3.63) is 58.2 Å². The van der Waals surface area contributed by atoms with Gasteiger partial charge in [-0.1, -0.05) is 41.9 Å². The Morgan fingerprint density at radius 1 is 1.20 bits per heavy atom. The van der Waals surface area contributed by atoms with Gasteiger partial charge in [0, 0.05) is 29.3 Å². The van der Waals surface area contributed by atoms with Crippen LogP contribution in [0.25, 0.3) is 0 Å². The van der Waals surface area contributed by atoms with Crippen LogP contribution in [-0.4, -0.2) is 11.0 Å². The van der Waals surface area contributed by atoms with Crippen LogP contribution < -0.4 is 10.1 Å². The minimum atomic E-state index is 0.467. The molecule has 0 amide bonds. The van der Waals surface area contributed by atoms with Crippen molar-refractivity contribution in [3.63, 3.8) is 0 Å². The van der Waals surface area contributed by atoms with E-state index in [0.717, 1.165) is 16.6 Å². The Bertz CT molecular complexity index is 558. The molecular weight excluding hydrogens is 316 g/mol. The molecule has 1 N–H and O–H groups in total. The lowest BCUT2D eigenvalue weighted by atomic mass is 10.2. The van der Waals surface area contributed by atoms with Crippen LogP contribution in [0.2, 0.25) is 0 Å². The summed E-state index contributed by atoms with van der Waals surface area (Å²) < 4.78 is 6.79. The number of pyridine rings is 1. The van der Waals surface area contributed by atoms with E-state index in [-0.39, 0.29) is 0 Å². The number of rotatable bonds is 6. The van der Waals surface area contributed by atoms with Gasteiger partial charge in [-0.05, 0) is 29.3 Å². The molecule has 4 heteroatoms. The first-order chi connectivity index (χ1) is 9.63. The number of hydrogen-bond donors (Lipinski definition) is 1. The Morgan fingerprint density at radius 2 is 2.05 bits per heavy atom. The average molecular weight is 335 g/mol. The van der Waals surface area contributed by atoms with Crippen molar-refractivity contribution in [2.75, 3.05) is 0 Å². The molecule has 1 aromatic carbocycles. The van der Waals surface area contributed by atoms with E-state index in [9.17, 15) is 0 Å². The largest absolute Gasteiger partial charge is 0.473 e. The van der Waals surface area contributed by atoms with Crippen LogP contribution in [0, 0.1) is 0 Å². The third-order valence-corrected chi connectivity index (χ3v) is 3.28. The van der Waals surface area contributed by atoms with Crippen LogP contribution in [0.3, 0.4) is 0 Å². The Kier molecular flexibility index (Phi) is 5.56. The highest BCUT2D eigenvalue weighted by Gasteiger charge is 2.01. The molecule has 0 saturated carbocycles. The zero-order valence-electron chi connectivity index (χ0n) is 11.8. The molecule has 20 heavy (non-hydrogen) atoms. The van der Waals surface area contributed by atoms with E-state index < -0.39 is 0 Å². The highest BCUT2D eigenvalue weighted by atomic mass is 79.9. The van der Waals surface area contributed by atoms with Crippen LogP contribution in [0.1, 0.15) is 25.0 Å². The maximum absolute atomic E-state index is 5.73. The number of aromatic nitrogens is 1. The lowest BCUT2D eigenvalue weighted by molar-refractivity contribution is 0.293. The monoisotopic (exact) mass is 334 g/mol. The van der Waals surface area contributed by atoms with Crippen LogP contribution in [-0.2, 0) is 13.2 Å². The highest BCUT2D eigenvalue weighted by molar-refractivity contribution is 9.10. The molecule has 0 radical (unpaired) electrons. The molecule has 0 fully saturated rings. The highest BCUT2D eigenvalue weighted by Crippen LogP contribution is 2.15. The molecule has 0 aliphatic carbocycles. The Morgan fingerprint density at radius 3 is 2.80 bits per heavy atom. The number of benzene rings is 1. The van der Waals surface area contributed by atoms with Gasteiger partial charge in [0.15, 0.2) is 0 Å². The van der Waals surface area contributed by atoms with Crippen LogP contribution in [0.4, 0.5) is 0 Å². The molecule has 0 aliphatic rings. The number of halogens is 1. The van der Waals surface area contributed by atoms with E-state index in [1.807, 2.05) is 36.4 Å². The van der Waals surface area contributed by atoms with Crippen molar-refractivity contribution >= 4 is 15.9 Å². The number of nitrogens with one attached hydrogen (secondary N) is 1. The average Bonchev–Trinajstić information content (AvgIpc) is 2.43. The second kappa shape index (κ2) is 7.41. The number of ether oxygens (including phenoxy) is 1. The second-order valence-corrected chi connectivity index (χ2v) is 5.87. The topological polar surface area (TPSA) is 34.2 Å². The predicted molar refractivity (Wildman–Crippen MR) is 84.7 cm³/mol. The summed E-state index contributed by atoms with van der Waals surface area (Å²) in [6, 6.07) is 12.5. The van der Waals surface area contributed by atoms with E-state index in [0.29, 0.717) is 18.5 Å². The van der Waals surface area contributed by atoms with Gasteiger partial charge in [0.1, 0.15) is 6.61 Å². The molecule has 2 rings (SSSR count). The smallest absolute Gasteiger partial charge is 0.213 e. The SMILES string of the molecule is CC(C)NCc1ccnc(OCc2cccc(Br)c2)c1. The van der Waals surface area contributed by atoms with Crippen molar-refractivity contribution < 1.29 is 4.74 Å². The first-order valence-corrected chi connectivity index (χ1v) is 7.48. The first-order valence-electron chi connectivity index (χ1n) is 6.69. The van der Waals surface area contributed by atoms with Gasteiger partial charge in [0.05, 0.1) is 0 Å². The molecule has 1 heterocycles. The van der Waals surface area contributed by atoms with Gasteiger partial charge < -0.3 is 10.1 Å². The third kappa shape index (κ3) is 4.94. The van der Waals surface area contributed by atoms with Gasteiger partial charge in [-0.15, -0.1) is 0 Å². The van der Waals surface area contributed by atoms with E-state index >= 15 is 0 Å². The second-order valence-electron chi connectivity index (χ2n) is 4.96. The standard InChI is InChI=1S/C16H19BrN2O/c1-12(2)19-10-13-6-7-18-16(9-13)20-11-14-4-3-5-15(17)8-14/h3-9,12,19H,10-11H2,1-2H3. The summed E-state index contributed by atoms with van der Waals surface area (Å²) in [5.41, 5.74) is 2.30. The molecular formula is C16H19BrN2O. The van der Waals surface area contributed by atoms with Gasteiger partial charge in [-0.25, -0.2) is 4.98 Å². The molecule has 3 nitrogen and oxygen atoms in total. The fourth-order valence-electron chi connectivity index (χ4n) is 1.75. The predicted octanol–water partition coefficient (Wildman–Crippen LogP) is 3.92. The van der Waals surface area contributed by atoms with Gasteiger partial charge in [0.2, 0.25) is 5.88 Å². The number of nitrogens with zero attached hydrogens (tertiary/aromatic N) is 1. The van der Waals surface area contributed by atoms with E-state index in [4.69, 9.17) is 4.74 Å². The summed E-state index contributed by atoms with van der Waals surface area (Å²) in [6.45, 7) is 5.61. The van der Waals surface area contributed by atoms with Crippen LogP contribution in [0.5, 0.6) is 5.88 Å². The summed E-state index contributed by atoms with van der Waals surface area (Å²) >= 11 is 3.45. The van der Waals surface area contributed by atoms with Crippen molar-refractivity contribution in [3.8, 4) is 5.88 Å². The van der Waals surface area contributed by atoms with Gasteiger partial charge in [-0.2, -0.15) is 0 Å². The van der Waals surface area contributed by atoms with E-state index in [2.05, 4.69) is 40.1 Å². The van der Waals surface area contributed by atoms with Gasteiger partial charge in [0.25, 0.3) is 0 Å². The van der Waals surface area contributed by atoms with Gasteiger partial charge in [-0.3, -0.25) is 0 Å². The molecule has 0 atom stereocenters.